The molecular formula is C22H23N3O4S2. The Bertz CT molecular complexity index is 1170. The fourth-order valence-electron chi connectivity index (χ4n) is 3.33. The molecular weight excluding hydrogens is 434 g/mol. The van der Waals surface area contributed by atoms with E-state index >= 15 is 0 Å². The lowest BCUT2D eigenvalue weighted by atomic mass is 10.1. The zero-order valence-electron chi connectivity index (χ0n) is 17.0. The predicted molar refractivity (Wildman–Crippen MR) is 121 cm³/mol. The van der Waals surface area contributed by atoms with Crippen LogP contribution >= 0.6 is 11.3 Å². The van der Waals surface area contributed by atoms with Gasteiger partial charge in [-0.25, -0.2) is 18.1 Å². The molecule has 4 rings (SSSR count). The van der Waals surface area contributed by atoms with Crippen molar-refractivity contribution >= 4 is 33.0 Å². The molecule has 3 aromatic rings. The molecule has 162 valence electrons. The second kappa shape index (κ2) is 9.27. The average molecular weight is 458 g/mol. The minimum Gasteiger partial charge on any atom is -0.377 e. The Balaban J connectivity index is 1.41. The largest absolute Gasteiger partial charge is 0.377 e. The maximum atomic E-state index is 12.6. The summed E-state index contributed by atoms with van der Waals surface area (Å²) in [5, 5.41) is 5.80. The first-order chi connectivity index (χ1) is 14.9. The topological polar surface area (TPSA) is 97.4 Å². The van der Waals surface area contributed by atoms with Gasteiger partial charge in [-0.2, -0.15) is 0 Å². The Morgan fingerprint density at radius 3 is 2.71 bits per heavy atom. The summed E-state index contributed by atoms with van der Waals surface area (Å²) in [6.45, 7) is 2.86. The van der Waals surface area contributed by atoms with Crippen molar-refractivity contribution < 1.29 is 17.9 Å². The molecule has 0 saturated carbocycles. The molecule has 1 aliphatic heterocycles. The summed E-state index contributed by atoms with van der Waals surface area (Å²) in [6, 6.07) is 13.3. The van der Waals surface area contributed by atoms with Crippen LogP contribution in [0.5, 0.6) is 0 Å². The molecule has 0 bridgehead atoms. The van der Waals surface area contributed by atoms with E-state index in [1.54, 1.807) is 17.4 Å². The normalized spacial score (nSPS) is 16.4. The zero-order chi connectivity index (χ0) is 21.8. The minimum absolute atomic E-state index is 0.0798. The molecule has 31 heavy (non-hydrogen) atoms. The number of thiazole rings is 1. The highest BCUT2D eigenvalue weighted by Gasteiger charge is 2.20. The van der Waals surface area contributed by atoms with Crippen molar-refractivity contribution in [1.82, 2.24) is 9.71 Å². The third-order valence-corrected chi connectivity index (χ3v) is 7.20. The van der Waals surface area contributed by atoms with Gasteiger partial charge in [-0.3, -0.25) is 4.79 Å². The van der Waals surface area contributed by atoms with E-state index in [1.165, 1.54) is 24.3 Å². The third kappa shape index (κ3) is 5.37. The van der Waals surface area contributed by atoms with Crippen LogP contribution in [0.15, 0.2) is 58.8 Å². The van der Waals surface area contributed by atoms with Gasteiger partial charge in [0.2, 0.25) is 10.0 Å². The molecule has 2 heterocycles. The number of aryl methyl sites for hydroxylation is 1. The number of nitrogens with zero attached hydrogens (tertiary/aromatic N) is 1. The summed E-state index contributed by atoms with van der Waals surface area (Å²) in [6.07, 6.45) is 1.72. The van der Waals surface area contributed by atoms with Crippen molar-refractivity contribution in [3.05, 3.63) is 64.5 Å². The molecule has 1 atom stereocenters. The minimum atomic E-state index is -3.65. The average Bonchev–Trinajstić information content (AvgIpc) is 3.44. The number of aromatic nitrogens is 1. The van der Waals surface area contributed by atoms with Crippen molar-refractivity contribution in [3.8, 4) is 11.3 Å². The van der Waals surface area contributed by atoms with Crippen LogP contribution in [0.3, 0.4) is 0 Å². The van der Waals surface area contributed by atoms with Gasteiger partial charge in [0, 0.05) is 35.3 Å². The van der Waals surface area contributed by atoms with E-state index in [-0.39, 0.29) is 23.5 Å². The monoisotopic (exact) mass is 457 g/mol. The van der Waals surface area contributed by atoms with Gasteiger partial charge in [0.1, 0.15) is 0 Å². The molecule has 1 aliphatic rings. The Hall–Kier alpha value is -2.59. The van der Waals surface area contributed by atoms with Crippen LogP contribution < -0.4 is 10.0 Å². The number of nitrogens with one attached hydrogen (secondary N) is 2. The van der Waals surface area contributed by atoms with Crippen molar-refractivity contribution in [3.63, 3.8) is 0 Å². The van der Waals surface area contributed by atoms with E-state index in [2.05, 4.69) is 15.0 Å². The number of benzene rings is 2. The number of carbonyl (C=O) groups is 1. The van der Waals surface area contributed by atoms with E-state index in [0.29, 0.717) is 17.9 Å². The molecule has 1 fully saturated rings. The molecule has 0 radical (unpaired) electrons. The van der Waals surface area contributed by atoms with Crippen molar-refractivity contribution in [2.24, 2.45) is 0 Å². The zero-order valence-corrected chi connectivity index (χ0v) is 18.6. The van der Waals surface area contributed by atoms with Crippen LogP contribution in [0, 0.1) is 6.92 Å². The van der Waals surface area contributed by atoms with Crippen molar-refractivity contribution in [2.75, 3.05) is 18.5 Å². The summed E-state index contributed by atoms with van der Waals surface area (Å²) in [5.41, 5.74) is 2.79. The lowest BCUT2D eigenvalue weighted by Crippen LogP contribution is -2.31. The van der Waals surface area contributed by atoms with E-state index in [9.17, 15) is 13.2 Å². The van der Waals surface area contributed by atoms with Gasteiger partial charge in [0.25, 0.3) is 5.91 Å². The lowest BCUT2D eigenvalue weighted by Gasteiger charge is -2.12. The van der Waals surface area contributed by atoms with Crippen molar-refractivity contribution in [1.29, 1.82) is 0 Å². The molecule has 1 saturated heterocycles. The smallest absolute Gasteiger partial charge is 0.255 e. The van der Waals surface area contributed by atoms with Crippen LogP contribution in [-0.4, -0.2) is 38.6 Å². The van der Waals surface area contributed by atoms with Gasteiger partial charge in [-0.1, -0.05) is 12.1 Å². The first-order valence-corrected chi connectivity index (χ1v) is 12.3. The van der Waals surface area contributed by atoms with Gasteiger partial charge in [-0.05, 0) is 56.2 Å². The Kier molecular flexibility index (Phi) is 6.47. The molecule has 1 aromatic heterocycles. The number of hydrogen-bond acceptors (Lipinski definition) is 6. The predicted octanol–water partition coefficient (Wildman–Crippen LogP) is 3.83. The summed E-state index contributed by atoms with van der Waals surface area (Å²) < 4.78 is 32.9. The first-order valence-electron chi connectivity index (χ1n) is 9.96. The van der Waals surface area contributed by atoms with Crippen molar-refractivity contribution in [2.45, 2.75) is 30.8 Å². The number of anilines is 1. The number of carbonyl (C=O) groups excluding carboxylic acids is 1. The molecule has 0 spiro atoms. The SMILES string of the molecule is Cc1nc(-c2cccc(NC(=O)c3ccc(S(=O)(=O)NCC4CCCO4)cc3)c2)cs1. The lowest BCUT2D eigenvalue weighted by molar-refractivity contribution is 0.102. The van der Waals surface area contributed by atoms with Gasteiger partial charge in [-0.15, -0.1) is 11.3 Å². The summed E-state index contributed by atoms with van der Waals surface area (Å²) in [5.74, 6) is -0.317. The number of rotatable bonds is 7. The van der Waals surface area contributed by atoms with E-state index in [0.717, 1.165) is 29.1 Å². The van der Waals surface area contributed by atoms with Crippen LogP contribution in [0.25, 0.3) is 11.3 Å². The fraction of sp³-hybridized carbons (Fsp3) is 0.273. The summed E-state index contributed by atoms with van der Waals surface area (Å²) in [7, 11) is -3.65. The number of sulfonamides is 1. The highest BCUT2D eigenvalue weighted by Crippen LogP contribution is 2.24. The molecule has 9 heteroatoms. The van der Waals surface area contributed by atoms with Crippen LogP contribution in [0.4, 0.5) is 5.69 Å². The molecule has 1 unspecified atom stereocenters. The van der Waals surface area contributed by atoms with E-state index in [1.807, 2.05) is 30.5 Å². The fourth-order valence-corrected chi connectivity index (χ4v) is 5.02. The van der Waals surface area contributed by atoms with Crippen LogP contribution in [-0.2, 0) is 14.8 Å². The van der Waals surface area contributed by atoms with Gasteiger partial charge >= 0.3 is 0 Å². The molecule has 2 N–H and O–H groups in total. The Morgan fingerprint density at radius 2 is 2.03 bits per heavy atom. The highest BCUT2D eigenvalue weighted by atomic mass is 32.2. The van der Waals surface area contributed by atoms with E-state index < -0.39 is 10.0 Å². The second-order valence-corrected chi connectivity index (χ2v) is 10.1. The highest BCUT2D eigenvalue weighted by molar-refractivity contribution is 7.89. The molecule has 7 nitrogen and oxygen atoms in total. The second-order valence-electron chi connectivity index (χ2n) is 7.30. The van der Waals surface area contributed by atoms with Gasteiger partial charge in [0.15, 0.2) is 0 Å². The van der Waals surface area contributed by atoms with Crippen LogP contribution in [0.1, 0.15) is 28.2 Å². The third-order valence-electron chi connectivity index (χ3n) is 4.99. The van der Waals surface area contributed by atoms with Gasteiger partial charge in [0.05, 0.1) is 21.7 Å². The molecule has 0 aliphatic carbocycles. The maximum absolute atomic E-state index is 12.6. The number of hydrogen-bond donors (Lipinski definition) is 2. The Labute approximate surface area is 185 Å². The first kappa shape index (κ1) is 21.6. The molecule has 1 amide bonds. The number of ether oxygens (including phenoxy) is 1. The Morgan fingerprint density at radius 1 is 1.23 bits per heavy atom. The van der Waals surface area contributed by atoms with Crippen LogP contribution in [0.2, 0.25) is 0 Å². The summed E-state index contributed by atoms with van der Waals surface area (Å²) in [4.78, 5) is 17.2. The van der Waals surface area contributed by atoms with Gasteiger partial charge < -0.3 is 10.1 Å². The molecule has 2 aromatic carbocycles. The number of amides is 1. The maximum Gasteiger partial charge on any atom is 0.255 e. The summed E-state index contributed by atoms with van der Waals surface area (Å²) >= 11 is 1.57. The standard InChI is InChI=1S/C22H23N3O4S2/c1-15-24-21(14-30-15)17-4-2-5-18(12-17)25-22(26)16-7-9-20(10-8-16)31(27,28)23-13-19-6-3-11-29-19/h2,4-5,7-10,12,14,19,23H,3,6,11,13H2,1H3,(H,25,26). The quantitative estimate of drug-likeness (QED) is 0.562. The van der Waals surface area contributed by atoms with E-state index in [4.69, 9.17) is 4.74 Å².